The summed E-state index contributed by atoms with van der Waals surface area (Å²) in [6.07, 6.45) is 0. The highest BCUT2D eigenvalue weighted by atomic mass is 35.7. The van der Waals surface area contributed by atoms with Gasteiger partial charge in [0.25, 0.3) is 14.3 Å². The van der Waals surface area contributed by atoms with E-state index in [2.05, 4.69) is 0 Å². The summed E-state index contributed by atoms with van der Waals surface area (Å²) in [7, 11) is 1.52. The van der Waals surface area contributed by atoms with Crippen molar-refractivity contribution in [2.45, 2.75) is 11.8 Å². The lowest BCUT2D eigenvalue weighted by Gasteiger charge is -2.09. The highest BCUT2D eigenvalue weighted by Crippen LogP contribution is 2.30. The van der Waals surface area contributed by atoms with Crippen LogP contribution in [0.2, 0.25) is 0 Å². The zero-order valence-electron chi connectivity index (χ0n) is 9.28. The predicted molar refractivity (Wildman–Crippen MR) is 71.9 cm³/mol. The SMILES string of the molecule is Cc1c(C(=O)Cl)ccc2cccc(S(=O)(=O)Cl)c12. The van der Waals surface area contributed by atoms with Gasteiger partial charge in [0.05, 0.1) is 4.90 Å². The smallest absolute Gasteiger partial charge is 0.261 e. The molecule has 0 radical (unpaired) electrons. The van der Waals surface area contributed by atoms with Gasteiger partial charge in [0.2, 0.25) is 0 Å². The second-order valence-corrected chi connectivity index (χ2v) is 6.68. The quantitative estimate of drug-likeness (QED) is 0.798. The van der Waals surface area contributed by atoms with Crippen molar-refractivity contribution in [2.24, 2.45) is 0 Å². The van der Waals surface area contributed by atoms with Crippen LogP contribution in [-0.4, -0.2) is 13.7 Å². The molecule has 94 valence electrons. The Morgan fingerprint density at radius 1 is 1.17 bits per heavy atom. The summed E-state index contributed by atoms with van der Waals surface area (Å²) in [5, 5.41) is 0.492. The molecule has 0 N–H and O–H groups in total. The minimum absolute atomic E-state index is 0.0149. The Labute approximate surface area is 114 Å². The van der Waals surface area contributed by atoms with E-state index >= 15 is 0 Å². The van der Waals surface area contributed by atoms with Crippen LogP contribution in [0.5, 0.6) is 0 Å². The van der Waals surface area contributed by atoms with Gasteiger partial charge in [-0.2, -0.15) is 0 Å². The third-order valence-corrected chi connectivity index (χ3v) is 4.31. The van der Waals surface area contributed by atoms with E-state index in [-0.39, 0.29) is 10.5 Å². The lowest BCUT2D eigenvalue weighted by molar-refractivity contribution is 0.108. The number of aryl methyl sites for hydroxylation is 1. The molecule has 0 aliphatic carbocycles. The first-order chi connectivity index (χ1) is 8.32. The van der Waals surface area contributed by atoms with Gasteiger partial charge in [-0.1, -0.05) is 18.2 Å². The zero-order chi connectivity index (χ0) is 13.5. The van der Waals surface area contributed by atoms with Crippen molar-refractivity contribution in [1.29, 1.82) is 0 Å². The first kappa shape index (κ1) is 13.3. The van der Waals surface area contributed by atoms with Crippen molar-refractivity contribution in [3.05, 3.63) is 41.5 Å². The molecule has 0 aliphatic rings. The molecule has 6 heteroatoms. The number of fused-ring (bicyclic) bond motifs is 1. The molecule has 0 spiro atoms. The summed E-state index contributed by atoms with van der Waals surface area (Å²) in [4.78, 5) is 11.2. The largest absolute Gasteiger partial charge is 0.276 e. The number of benzene rings is 2. The van der Waals surface area contributed by atoms with Crippen molar-refractivity contribution in [2.75, 3.05) is 0 Å². The highest BCUT2D eigenvalue weighted by molar-refractivity contribution is 8.14. The first-order valence-corrected chi connectivity index (χ1v) is 7.68. The lowest BCUT2D eigenvalue weighted by atomic mass is 10.0. The molecule has 0 aliphatic heterocycles. The lowest BCUT2D eigenvalue weighted by Crippen LogP contribution is -1.99. The normalized spacial score (nSPS) is 11.7. The molecule has 0 unspecified atom stereocenters. The highest BCUT2D eigenvalue weighted by Gasteiger charge is 2.18. The minimum atomic E-state index is -3.88. The van der Waals surface area contributed by atoms with Crippen LogP contribution in [-0.2, 0) is 9.05 Å². The molecular weight excluding hydrogens is 295 g/mol. The van der Waals surface area contributed by atoms with Crippen LogP contribution in [0.3, 0.4) is 0 Å². The molecule has 0 saturated carbocycles. The van der Waals surface area contributed by atoms with Crippen molar-refractivity contribution in [3.8, 4) is 0 Å². The van der Waals surface area contributed by atoms with E-state index in [1.165, 1.54) is 6.07 Å². The van der Waals surface area contributed by atoms with Crippen LogP contribution in [0.25, 0.3) is 10.8 Å². The van der Waals surface area contributed by atoms with Crippen LogP contribution >= 0.6 is 22.3 Å². The van der Waals surface area contributed by atoms with E-state index in [0.717, 1.165) is 0 Å². The molecule has 0 atom stereocenters. The van der Waals surface area contributed by atoms with Crippen LogP contribution in [0.1, 0.15) is 15.9 Å². The fraction of sp³-hybridized carbons (Fsp3) is 0.0833. The van der Waals surface area contributed by atoms with Crippen molar-refractivity contribution < 1.29 is 13.2 Å². The predicted octanol–water partition coefficient (Wildman–Crippen LogP) is 3.45. The molecule has 0 aromatic heterocycles. The van der Waals surface area contributed by atoms with E-state index in [4.69, 9.17) is 22.3 Å². The molecule has 2 aromatic rings. The Balaban J connectivity index is 2.99. The molecule has 0 heterocycles. The average Bonchev–Trinajstić information content (AvgIpc) is 2.27. The minimum Gasteiger partial charge on any atom is -0.276 e. The second-order valence-electron chi connectivity index (χ2n) is 3.80. The molecule has 2 aromatic carbocycles. The van der Waals surface area contributed by atoms with Crippen molar-refractivity contribution in [3.63, 3.8) is 0 Å². The van der Waals surface area contributed by atoms with E-state index in [1.807, 2.05) is 0 Å². The summed E-state index contributed by atoms with van der Waals surface area (Å²) in [6.45, 7) is 1.64. The number of hydrogen-bond donors (Lipinski definition) is 0. The van der Waals surface area contributed by atoms with Crippen LogP contribution < -0.4 is 0 Å². The van der Waals surface area contributed by atoms with Gasteiger partial charge in [0.15, 0.2) is 0 Å². The third-order valence-electron chi connectivity index (χ3n) is 2.74. The van der Waals surface area contributed by atoms with Gasteiger partial charge in [-0.3, -0.25) is 4.79 Å². The van der Waals surface area contributed by atoms with Gasteiger partial charge in [0.1, 0.15) is 0 Å². The molecular formula is C12H8Cl2O3S. The summed E-state index contributed by atoms with van der Waals surface area (Å²) in [5.74, 6) is 0. The van der Waals surface area contributed by atoms with Gasteiger partial charge in [-0.15, -0.1) is 0 Å². The molecule has 0 amide bonds. The van der Waals surface area contributed by atoms with Gasteiger partial charge in [-0.25, -0.2) is 8.42 Å². The van der Waals surface area contributed by atoms with Crippen LogP contribution in [0.4, 0.5) is 0 Å². The Hall–Kier alpha value is -1.10. The first-order valence-electron chi connectivity index (χ1n) is 4.99. The molecule has 0 bridgehead atoms. The Bertz CT molecular complexity index is 751. The summed E-state index contributed by atoms with van der Waals surface area (Å²) in [5.41, 5.74) is 0.782. The van der Waals surface area contributed by atoms with Crippen molar-refractivity contribution >= 4 is 47.3 Å². The van der Waals surface area contributed by atoms with E-state index in [1.54, 1.807) is 31.2 Å². The maximum atomic E-state index is 11.5. The Morgan fingerprint density at radius 2 is 1.83 bits per heavy atom. The number of hydrogen-bond acceptors (Lipinski definition) is 3. The number of halogens is 2. The molecule has 2 rings (SSSR count). The molecule has 3 nitrogen and oxygen atoms in total. The fourth-order valence-corrected chi connectivity index (χ4v) is 3.28. The second kappa shape index (κ2) is 4.53. The standard InChI is InChI=1S/C12H8Cl2O3S/c1-7-9(12(13)15)6-5-8-3-2-4-10(11(7)8)18(14,16)17/h2-6H,1H3. The molecule has 0 fully saturated rings. The van der Waals surface area contributed by atoms with Crippen molar-refractivity contribution in [1.82, 2.24) is 0 Å². The zero-order valence-corrected chi connectivity index (χ0v) is 11.6. The number of rotatable bonds is 2. The van der Waals surface area contributed by atoms with E-state index < -0.39 is 14.3 Å². The van der Waals surface area contributed by atoms with Crippen LogP contribution in [0, 0.1) is 6.92 Å². The van der Waals surface area contributed by atoms with Gasteiger partial charge >= 0.3 is 0 Å². The summed E-state index contributed by atoms with van der Waals surface area (Å²) in [6, 6.07) is 7.96. The molecule has 18 heavy (non-hydrogen) atoms. The van der Waals surface area contributed by atoms with Gasteiger partial charge in [-0.05, 0) is 41.6 Å². The maximum absolute atomic E-state index is 11.5. The number of carbonyl (C=O) groups is 1. The van der Waals surface area contributed by atoms with Crippen LogP contribution in [0.15, 0.2) is 35.2 Å². The van der Waals surface area contributed by atoms with E-state index in [0.29, 0.717) is 16.3 Å². The van der Waals surface area contributed by atoms with E-state index in [9.17, 15) is 13.2 Å². The van der Waals surface area contributed by atoms with Gasteiger partial charge in [0, 0.05) is 21.6 Å². The topological polar surface area (TPSA) is 51.2 Å². The average molecular weight is 303 g/mol. The van der Waals surface area contributed by atoms with Gasteiger partial charge < -0.3 is 0 Å². The monoisotopic (exact) mass is 302 g/mol. The number of carbonyl (C=O) groups excluding carboxylic acids is 1. The Kier molecular flexibility index (Phi) is 3.36. The Morgan fingerprint density at radius 3 is 2.39 bits per heavy atom. The summed E-state index contributed by atoms with van der Waals surface area (Å²) >= 11 is 5.45. The molecule has 0 saturated heterocycles. The maximum Gasteiger partial charge on any atom is 0.261 e. The summed E-state index contributed by atoms with van der Waals surface area (Å²) < 4.78 is 23.1. The fourth-order valence-electron chi connectivity index (χ4n) is 1.94. The third kappa shape index (κ3) is 2.23.